The van der Waals surface area contributed by atoms with Crippen LogP contribution in [0.1, 0.15) is 5.56 Å². The van der Waals surface area contributed by atoms with Crippen LogP contribution in [-0.4, -0.2) is 19.1 Å². The lowest BCUT2D eigenvalue weighted by molar-refractivity contribution is -0.137. The van der Waals surface area contributed by atoms with Gasteiger partial charge in [0.15, 0.2) is 0 Å². The number of benzene rings is 1. The van der Waals surface area contributed by atoms with Crippen molar-refractivity contribution in [2.45, 2.75) is 12.2 Å². The maximum atomic E-state index is 12.4. The minimum absolute atomic E-state index is 0.269. The zero-order valence-electron chi connectivity index (χ0n) is 8.59. The summed E-state index contributed by atoms with van der Waals surface area (Å²) in [4.78, 5) is 0. The summed E-state index contributed by atoms with van der Waals surface area (Å²) >= 11 is 0. The zero-order valence-corrected chi connectivity index (χ0v) is 8.59. The minimum Gasteiger partial charge on any atom is -0.383 e. The summed E-state index contributed by atoms with van der Waals surface area (Å²) in [6.07, 6.45) is -4.33. The molecule has 6 heteroatoms. The molecule has 5 N–H and O–H groups in total. The molecule has 16 heavy (non-hydrogen) atoms. The maximum absolute atomic E-state index is 12.4. The predicted molar refractivity (Wildman–Crippen MR) is 57.0 cm³/mol. The lowest BCUT2D eigenvalue weighted by Gasteiger charge is -2.13. The number of anilines is 1. The molecule has 1 atom stereocenters. The molecule has 0 fully saturated rings. The van der Waals surface area contributed by atoms with E-state index in [1.165, 1.54) is 6.07 Å². The van der Waals surface area contributed by atoms with Gasteiger partial charge in [-0.2, -0.15) is 13.2 Å². The second-order valence-corrected chi connectivity index (χ2v) is 3.46. The van der Waals surface area contributed by atoms with Crippen LogP contribution in [0.5, 0.6) is 0 Å². The zero-order chi connectivity index (χ0) is 12.2. The fourth-order valence-electron chi connectivity index (χ4n) is 1.14. The second-order valence-electron chi connectivity index (χ2n) is 3.46. The molecule has 0 aliphatic rings. The Balaban J connectivity index is 2.68. The first kappa shape index (κ1) is 12.8. The Morgan fingerprint density at radius 2 is 2.00 bits per heavy atom. The molecule has 3 nitrogen and oxygen atoms in total. The summed E-state index contributed by atoms with van der Waals surface area (Å²) in [7, 11) is 0. The van der Waals surface area contributed by atoms with E-state index < -0.39 is 11.7 Å². The highest BCUT2D eigenvalue weighted by molar-refractivity contribution is 5.46. The molecule has 90 valence electrons. The van der Waals surface area contributed by atoms with Gasteiger partial charge in [-0.1, -0.05) is 6.07 Å². The molecule has 1 rings (SSSR count). The standard InChI is InChI=1S/C10H14F3N3/c11-10(12,13)7-2-1-3-9(4-7)16-6-8(15)5-14/h1-4,8,16H,5-6,14-15H2. The van der Waals surface area contributed by atoms with Gasteiger partial charge in [-0.15, -0.1) is 0 Å². The molecule has 0 saturated carbocycles. The molecule has 0 heterocycles. The smallest absolute Gasteiger partial charge is 0.383 e. The highest BCUT2D eigenvalue weighted by Crippen LogP contribution is 2.30. The summed E-state index contributed by atoms with van der Waals surface area (Å²) in [6, 6.07) is 4.70. The van der Waals surface area contributed by atoms with Gasteiger partial charge in [-0.3, -0.25) is 0 Å². The largest absolute Gasteiger partial charge is 0.416 e. The third-order valence-corrected chi connectivity index (χ3v) is 2.06. The van der Waals surface area contributed by atoms with Gasteiger partial charge in [0.05, 0.1) is 5.56 Å². The van der Waals surface area contributed by atoms with Crippen molar-refractivity contribution in [1.82, 2.24) is 0 Å². The SMILES string of the molecule is NCC(N)CNc1cccc(C(F)(F)F)c1. The summed E-state index contributed by atoms with van der Waals surface area (Å²) in [6.45, 7) is 0.629. The van der Waals surface area contributed by atoms with E-state index in [9.17, 15) is 13.2 Å². The molecular weight excluding hydrogens is 219 g/mol. The number of nitrogens with one attached hydrogen (secondary N) is 1. The van der Waals surface area contributed by atoms with Crippen LogP contribution >= 0.6 is 0 Å². The first-order chi connectivity index (χ1) is 7.43. The average molecular weight is 233 g/mol. The van der Waals surface area contributed by atoms with Crippen LogP contribution in [0.2, 0.25) is 0 Å². The Labute approximate surface area is 91.6 Å². The van der Waals surface area contributed by atoms with E-state index in [0.29, 0.717) is 12.2 Å². The van der Waals surface area contributed by atoms with Gasteiger partial charge in [-0.05, 0) is 18.2 Å². The van der Waals surface area contributed by atoms with Crippen LogP contribution in [0, 0.1) is 0 Å². The van der Waals surface area contributed by atoms with Gasteiger partial charge < -0.3 is 16.8 Å². The van der Waals surface area contributed by atoms with Crippen molar-refractivity contribution >= 4 is 5.69 Å². The Hall–Kier alpha value is -1.27. The summed E-state index contributed by atoms with van der Waals surface area (Å²) < 4.78 is 37.1. The summed E-state index contributed by atoms with van der Waals surface area (Å²) in [5.41, 5.74) is 10.5. The minimum atomic E-state index is -4.33. The van der Waals surface area contributed by atoms with E-state index in [1.807, 2.05) is 0 Å². The van der Waals surface area contributed by atoms with Crippen molar-refractivity contribution in [3.8, 4) is 0 Å². The maximum Gasteiger partial charge on any atom is 0.416 e. The van der Waals surface area contributed by atoms with Gasteiger partial charge in [0.25, 0.3) is 0 Å². The van der Waals surface area contributed by atoms with E-state index >= 15 is 0 Å². The number of rotatable bonds is 4. The fourth-order valence-corrected chi connectivity index (χ4v) is 1.14. The Bertz CT molecular complexity index is 338. The topological polar surface area (TPSA) is 64.1 Å². The third kappa shape index (κ3) is 3.71. The molecule has 0 amide bonds. The molecule has 0 bridgehead atoms. The quantitative estimate of drug-likeness (QED) is 0.736. The molecule has 0 saturated heterocycles. The monoisotopic (exact) mass is 233 g/mol. The van der Waals surface area contributed by atoms with Crippen LogP contribution < -0.4 is 16.8 Å². The number of halogens is 3. The molecule has 0 aromatic heterocycles. The molecule has 0 aliphatic carbocycles. The van der Waals surface area contributed by atoms with E-state index in [1.54, 1.807) is 6.07 Å². The molecule has 0 aliphatic heterocycles. The highest BCUT2D eigenvalue weighted by atomic mass is 19.4. The van der Waals surface area contributed by atoms with Crippen molar-refractivity contribution in [3.63, 3.8) is 0 Å². The molecule has 1 aromatic carbocycles. The summed E-state index contributed by atoms with van der Waals surface area (Å²) in [5.74, 6) is 0. The lowest BCUT2D eigenvalue weighted by atomic mass is 10.2. The van der Waals surface area contributed by atoms with Crippen molar-refractivity contribution in [3.05, 3.63) is 29.8 Å². The van der Waals surface area contributed by atoms with Crippen LogP contribution in [0.15, 0.2) is 24.3 Å². The van der Waals surface area contributed by atoms with Crippen molar-refractivity contribution in [2.24, 2.45) is 11.5 Å². The van der Waals surface area contributed by atoms with Crippen molar-refractivity contribution < 1.29 is 13.2 Å². The molecule has 0 spiro atoms. The van der Waals surface area contributed by atoms with Crippen LogP contribution in [0.3, 0.4) is 0 Å². The van der Waals surface area contributed by atoms with Gasteiger partial charge >= 0.3 is 6.18 Å². The highest BCUT2D eigenvalue weighted by Gasteiger charge is 2.30. The van der Waals surface area contributed by atoms with E-state index in [4.69, 9.17) is 11.5 Å². The Morgan fingerprint density at radius 3 is 2.56 bits per heavy atom. The van der Waals surface area contributed by atoms with Gasteiger partial charge in [0, 0.05) is 24.8 Å². The van der Waals surface area contributed by atoms with Crippen molar-refractivity contribution in [2.75, 3.05) is 18.4 Å². The number of hydrogen-bond acceptors (Lipinski definition) is 3. The first-order valence-corrected chi connectivity index (χ1v) is 4.80. The Kier molecular flexibility index (Phi) is 4.14. The third-order valence-electron chi connectivity index (χ3n) is 2.06. The molecule has 1 unspecified atom stereocenters. The average Bonchev–Trinajstić information content (AvgIpc) is 2.25. The lowest BCUT2D eigenvalue weighted by Crippen LogP contribution is -2.36. The van der Waals surface area contributed by atoms with Gasteiger partial charge in [0.2, 0.25) is 0 Å². The molecule has 0 radical (unpaired) electrons. The van der Waals surface area contributed by atoms with Crippen LogP contribution in [-0.2, 0) is 6.18 Å². The number of hydrogen-bond donors (Lipinski definition) is 3. The van der Waals surface area contributed by atoms with Gasteiger partial charge in [-0.25, -0.2) is 0 Å². The normalized spacial score (nSPS) is 13.6. The molecule has 1 aromatic rings. The second kappa shape index (κ2) is 5.18. The fraction of sp³-hybridized carbons (Fsp3) is 0.400. The summed E-state index contributed by atoms with van der Waals surface area (Å²) in [5, 5.41) is 2.80. The predicted octanol–water partition coefficient (Wildman–Crippen LogP) is 1.40. The molecular formula is C10H14F3N3. The Morgan fingerprint density at radius 1 is 1.31 bits per heavy atom. The van der Waals surface area contributed by atoms with Gasteiger partial charge in [0.1, 0.15) is 0 Å². The first-order valence-electron chi connectivity index (χ1n) is 4.80. The van der Waals surface area contributed by atoms with E-state index in [2.05, 4.69) is 5.32 Å². The van der Waals surface area contributed by atoms with Crippen LogP contribution in [0.4, 0.5) is 18.9 Å². The number of alkyl halides is 3. The van der Waals surface area contributed by atoms with Crippen molar-refractivity contribution in [1.29, 1.82) is 0 Å². The van der Waals surface area contributed by atoms with Crippen LogP contribution in [0.25, 0.3) is 0 Å². The number of nitrogens with two attached hydrogens (primary N) is 2. The van der Waals surface area contributed by atoms with E-state index in [-0.39, 0.29) is 12.6 Å². The van der Waals surface area contributed by atoms with E-state index in [0.717, 1.165) is 12.1 Å².